The Bertz CT molecular complexity index is 1640. The number of carbonyl (C=O) groups is 1. The van der Waals surface area contributed by atoms with E-state index in [1.54, 1.807) is 0 Å². The molecule has 0 unspecified atom stereocenters. The third-order valence-corrected chi connectivity index (χ3v) is 7.26. The molecular weight excluding hydrogens is 648 g/mol. The van der Waals surface area contributed by atoms with Crippen LogP contribution < -0.4 is 20.3 Å². The highest BCUT2D eigenvalue weighted by Gasteiger charge is 2.37. The lowest BCUT2D eigenvalue weighted by atomic mass is 9.90. The number of aromatic nitrogens is 8. The van der Waals surface area contributed by atoms with Crippen LogP contribution in [0.5, 0.6) is 6.01 Å². The molecule has 1 fully saturated rings. The molecule has 0 spiro atoms. The van der Waals surface area contributed by atoms with Crippen LogP contribution in [-0.4, -0.2) is 78.0 Å². The second-order valence-corrected chi connectivity index (χ2v) is 10.5. The van der Waals surface area contributed by atoms with Gasteiger partial charge in [0, 0.05) is 36.2 Å². The summed E-state index contributed by atoms with van der Waals surface area (Å²) in [6, 6.07) is -1.79. The van der Waals surface area contributed by atoms with E-state index in [4.69, 9.17) is 16.3 Å². The van der Waals surface area contributed by atoms with E-state index in [2.05, 4.69) is 45.4 Å². The van der Waals surface area contributed by atoms with Crippen LogP contribution in [0.2, 0.25) is 5.02 Å². The monoisotopic (exact) mass is 671 g/mol. The van der Waals surface area contributed by atoms with Gasteiger partial charge in [0.25, 0.3) is 0 Å². The quantitative estimate of drug-likeness (QED) is 0.210. The number of methoxy groups -OCH3 is 1. The molecule has 46 heavy (non-hydrogen) atoms. The molecule has 13 nitrogen and oxygen atoms in total. The normalized spacial score (nSPS) is 17.0. The number of hydrogen-bond acceptors (Lipinski definition) is 10. The number of rotatable bonds is 8. The van der Waals surface area contributed by atoms with Crippen LogP contribution in [0.4, 0.5) is 42.9 Å². The first-order valence-electron chi connectivity index (χ1n) is 13.5. The van der Waals surface area contributed by atoms with E-state index in [-0.39, 0.29) is 34.5 Å². The van der Waals surface area contributed by atoms with Crippen LogP contribution in [0, 0.1) is 0 Å². The maximum atomic E-state index is 13.6. The van der Waals surface area contributed by atoms with Crippen molar-refractivity contribution in [3.63, 3.8) is 0 Å². The average molecular weight is 672 g/mol. The maximum absolute atomic E-state index is 13.6. The van der Waals surface area contributed by atoms with E-state index in [1.165, 1.54) is 31.9 Å². The van der Waals surface area contributed by atoms with E-state index in [0.717, 1.165) is 11.1 Å². The molecule has 4 aromatic rings. The van der Waals surface area contributed by atoms with Crippen LogP contribution in [0.25, 0.3) is 22.6 Å². The largest absolute Gasteiger partial charge is 0.467 e. The number of alkyl halides is 6. The van der Waals surface area contributed by atoms with Crippen molar-refractivity contribution in [2.45, 2.75) is 50.1 Å². The smallest absolute Gasteiger partial charge is 0.420 e. The van der Waals surface area contributed by atoms with Crippen molar-refractivity contribution in [2.24, 2.45) is 0 Å². The second kappa shape index (κ2) is 13.3. The van der Waals surface area contributed by atoms with Gasteiger partial charge >= 0.3 is 24.4 Å². The van der Waals surface area contributed by atoms with Gasteiger partial charge in [-0.15, -0.1) is 0 Å². The Morgan fingerprint density at radius 1 is 0.978 bits per heavy atom. The lowest BCUT2D eigenvalue weighted by Gasteiger charge is -2.36. The minimum Gasteiger partial charge on any atom is -0.467 e. The predicted molar refractivity (Wildman–Crippen MR) is 151 cm³/mol. The summed E-state index contributed by atoms with van der Waals surface area (Å²) in [5, 5.41) is 10.9. The van der Waals surface area contributed by atoms with Crippen LogP contribution >= 0.6 is 11.6 Å². The number of carbonyl (C=O) groups excluding carboxylic acids is 1. The first kappa shape index (κ1) is 32.6. The highest BCUT2D eigenvalue weighted by Crippen LogP contribution is 2.38. The van der Waals surface area contributed by atoms with Crippen LogP contribution in [0.15, 0.2) is 37.2 Å². The fourth-order valence-electron chi connectivity index (χ4n) is 4.81. The van der Waals surface area contributed by atoms with E-state index in [0.29, 0.717) is 43.1 Å². The molecule has 0 aliphatic heterocycles. The summed E-state index contributed by atoms with van der Waals surface area (Å²) < 4.78 is 84.7. The van der Waals surface area contributed by atoms with Crippen molar-refractivity contribution in [2.75, 3.05) is 23.9 Å². The average Bonchev–Trinajstić information content (AvgIpc) is 3.46. The van der Waals surface area contributed by atoms with Gasteiger partial charge in [-0.25, -0.2) is 29.7 Å². The molecule has 20 heteroatoms. The fraction of sp³-hybridized carbons (Fsp3) is 0.385. The third kappa shape index (κ3) is 7.69. The molecule has 1 aliphatic carbocycles. The van der Waals surface area contributed by atoms with Crippen molar-refractivity contribution in [3.05, 3.63) is 47.8 Å². The molecule has 1 aliphatic rings. The Morgan fingerprint density at radius 2 is 1.70 bits per heavy atom. The molecule has 0 radical (unpaired) electrons. The first-order valence-corrected chi connectivity index (χ1v) is 13.9. The Balaban J connectivity index is 1.32. The van der Waals surface area contributed by atoms with E-state index >= 15 is 0 Å². The Hall–Kier alpha value is -4.81. The molecule has 4 heterocycles. The highest BCUT2D eigenvalue weighted by atomic mass is 35.5. The van der Waals surface area contributed by atoms with E-state index in [9.17, 15) is 31.1 Å². The summed E-state index contributed by atoms with van der Waals surface area (Å²) >= 11 is 6.00. The Morgan fingerprint density at radius 3 is 2.26 bits per heavy atom. The molecule has 4 aromatic heterocycles. The zero-order valence-electron chi connectivity index (χ0n) is 23.7. The molecule has 244 valence electrons. The fourth-order valence-corrected chi connectivity index (χ4v) is 4.99. The number of halogens is 7. The van der Waals surface area contributed by atoms with Crippen molar-refractivity contribution < 1.29 is 35.9 Å². The number of amides is 2. The minimum absolute atomic E-state index is 0.0152. The van der Waals surface area contributed by atoms with Gasteiger partial charge in [-0.3, -0.25) is 15.0 Å². The van der Waals surface area contributed by atoms with Crippen molar-refractivity contribution >= 4 is 29.4 Å². The summed E-state index contributed by atoms with van der Waals surface area (Å²) in [6.07, 6.45) is -0.795. The molecule has 2 amide bonds. The van der Waals surface area contributed by atoms with Crippen LogP contribution in [-0.2, 0) is 6.18 Å². The number of nitrogens with zero attached hydrogens (tertiary/aromatic N) is 8. The lowest BCUT2D eigenvalue weighted by Crippen LogP contribution is -2.50. The molecule has 1 saturated carbocycles. The van der Waals surface area contributed by atoms with Gasteiger partial charge in [-0.05, 0) is 25.7 Å². The van der Waals surface area contributed by atoms with Gasteiger partial charge in [0.1, 0.15) is 23.5 Å². The molecule has 0 aromatic carbocycles. The summed E-state index contributed by atoms with van der Waals surface area (Å²) in [5.74, 6) is -0.0812. The predicted octanol–water partition coefficient (Wildman–Crippen LogP) is 5.30. The number of anilines is 2. The molecule has 0 bridgehead atoms. The van der Waals surface area contributed by atoms with Gasteiger partial charge in [0.15, 0.2) is 5.82 Å². The van der Waals surface area contributed by atoms with Crippen LogP contribution in [0.3, 0.4) is 0 Å². The van der Waals surface area contributed by atoms with Gasteiger partial charge in [0.05, 0.1) is 36.4 Å². The summed E-state index contributed by atoms with van der Waals surface area (Å²) in [4.78, 5) is 38.6. The molecule has 3 N–H and O–H groups in total. The number of hydrogen-bond donors (Lipinski definition) is 3. The number of ether oxygens (including phenoxy) is 1. The number of aromatic amines is 1. The minimum atomic E-state index is -4.76. The zero-order valence-corrected chi connectivity index (χ0v) is 24.5. The topological polar surface area (TPSA) is 160 Å². The number of urea groups is 1. The lowest BCUT2D eigenvalue weighted by molar-refractivity contribution is -0.137. The van der Waals surface area contributed by atoms with Gasteiger partial charge in [-0.2, -0.15) is 31.4 Å². The Kier molecular flexibility index (Phi) is 9.40. The molecule has 5 rings (SSSR count). The van der Waals surface area contributed by atoms with Gasteiger partial charge < -0.3 is 15.4 Å². The van der Waals surface area contributed by atoms with E-state index < -0.39 is 42.2 Å². The molecular formula is C26H24ClF6N11O2. The van der Waals surface area contributed by atoms with E-state index in [1.807, 2.05) is 5.32 Å². The summed E-state index contributed by atoms with van der Waals surface area (Å²) in [5.41, 5.74) is -0.891. The summed E-state index contributed by atoms with van der Waals surface area (Å²) in [7, 11) is 1.41. The zero-order chi connectivity index (χ0) is 33.1. The molecule has 0 atom stereocenters. The van der Waals surface area contributed by atoms with Crippen molar-refractivity contribution in [1.29, 1.82) is 0 Å². The SMILES string of the molecule is COc1ncc(-c2cnc(N(C(=O)NCC(F)(F)F)C3CCC(Nc4ncc(C(F)(F)F)c(-c5[nH]ncc5Cl)n4)CC3)cn2)cn1. The van der Waals surface area contributed by atoms with Crippen LogP contribution in [0.1, 0.15) is 31.2 Å². The molecule has 0 saturated heterocycles. The van der Waals surface area contributed by atoms with Crippen molar-refractivity contribution in [1.82, 2.24) is 45.4 Å². The second-order valence-electron chi connectivity index (χ2n) is 10.1. The summed E-state index contributed by atoms with van der Waals surface area (Å²) in [6.45, 7) is -1.55. The standard InChI is InChI=1S/C26H24ClF6N11O2/c1-46-23-37-6-13(7-38-23)18-10-35-19(11-34-18)44(24(45)39-12-25(28,29)30)15-4-2-14(3-5-15)41-22-36-8-16(26(31,32)33)20(42-22)21-17(27)9-40-43-21/h6-11,14-15H,2-5,12H2,1H3,(H,39,45)(H,40,43)(H,36,41,42). The third-order valence-electron chi connectivity index (χ3n) is 6.97. The van der Waals surface area contributed by atoms with Crippen molar-refractivity contribution in [3.8, 4) is 28.7 Å². The first-order chi connectivity index (χ1) is 21.8. The number of H-pyrrole nitrogens is 1. The number of nitrogens with one attached hydrogen (secondary N) is 3. The highest BCUT2D eigenvalue weighted by molar-refractivity contribution is 6.32. The van der Waals surface area contributed by atoms with Gasteiger partial charge in [-0.1, -0.05) is 11.6 Å². The van der Waals surface area contributed by atoms with Gasteiger partial charge in [0.2, 0.25) is 5.95 Å². The maximum Gasteiger partial charge on any atom is 0.420 e. The Labute approximate surface area is 261 Å².